The van der Waals surface area contributed by atoms with Crippen molar-refractivity contribution in [2.45, 2.75) is 50.2 Å². The van der Waals surface area contributed by atoms with Crippen LogP contribution in [0.15, 0.2) is 0 Å². The predicted octanol–water partition coefficient (Wildman–Crippen LogP) is 0.945. The van der Waals surface area contributed by atoms with Gasteiger partial charge in [-0.15, -0.1) is 0 Å². The van der Waals surface area contributed by atoms with Crippen LogP contribution in [-0.2, 0) is 14.3 Å². The van der Waals surface area contributed by atoms with E-state index in [2.05, 4.69) is 0 Å². The highest BCUT2D eigenvalue weighted by molar-refractivity contribution is 5.76. The van der Waals surface area contributed by atoms with Crippen molar-refractivity contribution in [1.29, 1.82) is 0 Å². The minimum absolute atomic E-state index is 0.119. The fourth-order valence-electron chi connectivity index (χ4n) is 3.30. The third-order valence-electron chi connectivity index (χ3n) is 4.81. The molecule has 5 nitrogen and oxygen atoms in total. The molecule has 1 saturated carbocycles. The highest BCUT2D eigenvalue weighted by Crippen LogP contribution is 2.44. The summed E-state index contributed by atoms with van der Waals surface area (Å²) < 4.78 is 11.0. The van der Waals surface area contributed by atoms with Gasteiger partial charge in [-0.05, 0) is 38.0 Å². The van der Waals surface area contributed by atoms with E-state index in [4.69, 9.17) is 9.47 Å². The second-order valence-corrected chi connectivity index (χ2v) is 6.38. The molecule has 2 saturated heterocycles. The minimum atomic E-state index is -0.600. The lowest BCUT2D eigenvalue weighted by molar-refractivity contribution is -0.133. The molecule has 3 fully saturated rings. The van der Waals surface area contributed by atoms with E-state index in [0.29, 0.717) is 32.0 Å². The highest BCUT2D eigenvalue weighted by Gasteiger charge is 2.48. The van der Waals surface area contributed by atoms with E-state index in [0.717, 1.165) is 45.3 Å². The van der Waals surface area contributed by atoms with Crippen LogP contribution in [0.5, 0.6) is 0 Å². The van der Waals surface area contributed by atoms with Crippen molar-refractivity contribution in [3.8, 4) is 0 Å². The molecule has 0 aromatic heterocycles. The Labute approximate surface area is 120 Å². The van der Waals surface area contributed by atoms with Crippen LogP contribution in [0.25, 0.3) is 0 Å². The van der Waals surface area contributed by atoms with Crippen LogP contribution in [0.2, 0.25) is 0 Å². The molecular weight excluding hydrogens is 258 g/mol. The first-order chi connectivity index (χ1) is 9.67. The summed E-state index contributed by atoms with van der Waals surface area (Å²) in [6, 6.07) is 0. The van der Waals surface area contributed by atoms with Gasteiger partial charge in [0.25, 0.3) is 0 Å². The quantitative estimate of drug-likeness (QED) is 0.816. The normalized spacial score (nSPS) is 31.8. The fourth-order valence-corrected chi connectivity index (χ4v) is 3.30. The number of amides is 1. The SMILES string of the molecule is O=C(CCOC1CCOCC1)N1CCC(O)(C2CC2)C1. The molecular formula is C15H25NO4. The molecule has 0 aromatic rings. The Kier molecular flexibility index (Phi) is 4.29. The number of carbonyl (C=O) groups excluding carboxylic acids is 1. The zero-order valence-corrected chi connectivity index (χ0v) is 12.1. The molecule has 114 valence electrons. The molecule has 0 radical (unpaired) electrons. The smallest absolute Gasteiger partial charge is 0.224 e. The lowest BCUT2D eigenvalue weighted by Crippen LogP contribution is -2.38. The lowest BCUT2D eigenvalue weighted by Gasteiger charge is -2.24. The number of likely N-dealkylation sites (tertiary alicyclic amines) is 1. The maximum absolute atomic E-state index is 12.1. The topological polar surface area (TPSA) is 59.0 Å². The van der Waals surface area contributed by atoms with Crippen LogP contribution in [0.1, 0.15) is 38.5 Å². The van der Waals surface area contributed by atoms with Crippen molar-refractivity contribution in [2.24, 2.45) is 5.92 Å². The molecule has 1 N–H and O–H groups in total. The van der Waals surface area contributed by atoms with Crippen LogP contribution in [0.4, 0.5) is 0 Å². The number of hydrogen-bond acceptors (Lipinski definition) is 4. The zero-order valence-electron chi connectivity index (χ0n) is 12.1. The van der Waals surface area contributed by atoms with E-state index < -0.39 is 5.60 Å². The summed E-state index contributed by atoms with van der Waals surface area (Å²) >= 11 is 0. The first kappa shape index (κ1) is 14.3. The molecule has 5 heteroatoms. The third kappa shape index (κ3) is 3.32. The van der Waals surface area contributed by atoms with Gasteiger partial charge >= 0.3 is 0 Å². The van der Waals surface area contributed by atoms with Crippen LogP contribution in [0.3, 0.4) is 0 Å². The molecule has 1 unspecified atom stereocenters. The average Bonchev–Trinajstić information content (AvgIpc) is 3.24. The van der Waals surface area contributed by atoms with Crippen LogP contribution >= 0.6 is 0 Å². The maximum Gasteiger partial charge on any atom is 0.224 e. The van der Waals surface area contributed by atoms with Gasteiger partial charge in [0.05, 0.1) is 24.7 Å². The third-order valence-corrected chi connectivity index (χ3v) is 4.81. The van der Waals surface area contributed by atoms with Crippen LogP contribution in [-0.4, -0.2) is 60.5 Å². The predicted molar refractivity (Wildman–Crippen MR) is 73.3 cm³/mol. The van der Waals surface area contributed by atoms with E-state index in [9.17, 15) is 9.90 Å². The van der Waals surface area contributed by atoms with Gasteiger partial charge in [0, 0.05) is 26.3 Å². The Morgan fingerprint density at radius 3 is 2.75 bits per heavy atom. The van der Waals surface area contributed by atoms with Crippen LogP contribution in [0, 0.1) is 5.92 Å². The maximum atomic E-state index is 12.1. The van der Waals surface area contributed by atoms with E-state index in [1.54, 1.807) is 0 Å². The van der Waals surface area contributed by atoms with Gasteiger partial charge in [0.2, 0.25) is 5.91 Å². The van der Waals surface area contributed by atoms with Gasteiger partial charge in [-0.1, -0.05) is 0 Å². The molecule has 0 aromatic carbocycles. The second kappa shape index (κ2) is 6.00. The Hall–Kier alpha value is -0.650. The summed E-state index contributed by atoms with van der Waals surface area (Å²) in [5.74, 6) is 0.549. The number of β-amino-alcohol motifs (C(OH)–C–C–N with tert-alkyl or cyclic N) is 1. The molecule has 2 aliphatic heterocycles. The summed E-state index contributed by atoms with van der Waals surface area (Å²) in [6.45, 7) is 3.23. The van der Waals surface area contributed by atoms with Crippen molar-refractivity contribution in [3.63, 3.8) is 0 Å². The molecule has 0 spiro atoms. The van der Waals surface area contributed by atoms with Crippen molar-refractivity contribution in [2.75, 3.05) is 32.9 Å². The number of aliphatic hydroxyl groups is 1. The monoisotopic (exact) mass is 283 g/mol. The van der Waals surface area contributed by atoms with Gasteiger partial charge < -0.3 is 19.5 Å². The van der Waals surface area contributed by atoms with E-state index in [1.165, 1.54) is 0 Å². The number of nitrogens with zero attached hydrogens (tertiary/aromatic N) is 1. The van der Waals surface area contributed by atoms with Crippen molar-refractivity contribution < 1.29 is 19.4 Å². The van der Waals surface area contributed by atoms with E-state index in [-0.39, 0.29) is 12.0 Å². The fraction of sp³-hybridized carbons (Fsp3) is 0.933. The Morgan fingerprint density at radius 1 is 1.30 bits per heavy atom. The van der Waals surface area contributed by atoms with Gasteiger partial charge in [0.15, 0.2) is 0 Å². The van der Waals surface area contributed by atoms with Gasteiger partial charge in [-0.3, -0.25) is 4.79 Å². The van der Waals surface area contributed by atoms with E-state index >= 15 is 0 Å². The summed E-state index contributed by atoms with van der Waals surface area (Å²) in [7, 11) is 0. The first-order valence-corrected chi connectivity index (χ1v) is 7.87. The molecule has 1 amide bonds. The second-order valence-electron chi connectivity index (χ2n) is 6.38. The molecule has 0 bridgehead atoms. The summed E-state index contributed by atoms with van der Waals surface area (Å²) in [5.41, 5.74) is -0.600. The number of hydrogen-bond donors (Lipinski definition) is 1. The Bertz CT molecular complexity index is 352. The first-order valence-electron chi connectivity index (χ1n) is 7.87. The lowest BCUT2D eigenvalue weighted by atomic mass is 9.97. The largest absolute Gasteiger partial charge is 0.388 e. The molecule has 20 heavy (non-hydrogen) atoms. The molecule has 2 heterocycles. The summed E-state index contributed by atoms with van der Waals surface area (Å²) in [4.78, 5) is 13.9. The van der Waals surface area contributed by atoms with Crippen molar-refractivity contribution >= 4 is 5.91 Å². The van der Waals surface area contributed by atoms with Gasteiger partial charge in [0.1, 0.15) is 0 Å². The highest BCUT2D eigenvalue weighted by atomic mass is 16.5. The summed E-state index contributed by atoms with van der Waals surface area (Å²) in [5, 5.41) is 10.4. The van der Waals surface area contributed by atoms with Gasteiger partial charge in [-0.2, -0.15) is 0 Å². The standard InChI is InChI=1S/C15H25NO4/c17-14(5-10-20-13-3-8-19-9-4-13)16-7-6-15(18,11-16)12-1-2-12/h12-13,18H,1-11H2. The number of carbonyl (C=O) groups is 1. The van der Waals surface area contributed by atoms with Crippen molar-refractivity contribution in [1.82, 2.24) is 4.90 Å². The average molecular weight is 283 g/mol. The minimum Gasteiger partial charge on any atom is -0.388 e. The molecule has 1 aliphatic carbocycles. The zero-order chi connectivity index (χ0) is 14.0. The number of ether oxygens (including phenoxy) is 2. The molecule has 3 rings (SSSR count). The summed E-state index contributed by atoms with van der Waals surface area (Å²) in [6.07, 6.45) is 5.51. The van der Waals surface area contributed by atoms with E-state index in [1.807, 2.05) is 4.90 Å². The Balaban J connectivity index is 1.36. The van der Waals surface area contributed by atoms with Crippen LogP contribution < -0.4 is 0 Å². The Morgan fingerprint density at radius 2 is 2.05 bits per heavy atom. The van der Waals surface area contributed by atoms with Gasteiger partial charge in [-0.25, -0.2) is 0 Å². The number of rotatable bonds is 5. The molecule has 3 aliphatic rings. The van der Waals surface area contributed by atoms with Crippen molar-refractivity contribution in [3.05, 3.63) is 0 Å². The molecule has 1 atom stereocenters.